The van der Waals surface area contributed by atoms with Gasteiger partial charge in [0.25, 0.3) is 0 Å². The molecule has 234 valence electrons. The van der Waals surface area contributed by atoms with Gasteiger partial charge in [-0.2, -0.15) is 30.7 Å². The van der Waals surface area contributed by atoms with Gasteiger partial charge in [-0.3, -0.25) is 0 Å². The maximum absolute atomic E-state index is 13.6. The summed E-state index contributed by atoms with van der Waals surface area (Å²) >= 11 is 0. The van der Waals surface area contributed by atoms with Gasteiger partial charge in [-0.25, -0.2) is 0 Å². The van der Waals surface area contributed by atoms with E-state index in [-0.39, 0.29) is 12.5 Å². The van der Waals surface area contributed by atoms with Crippen LogP contribution in [0.15, 0.2) is 97.1 Å². The van der Waals surface area contributed by atoms with E-state index in [1.54, 1.807) is 41.3 Å². The Morgan fingerprint density at radius 3 is 1.95 bits per heavy atom. The lowest BCUT2D eigenvalue weighted by atomic mass is 10.0. The monoisotopic (exact) mass is 621 g/mol. The first-order valence-electron chi connectivity index (χ1n) is 13.6. The van der Waals surface area contributed by atoms with Crippen LogP contribution < -0.4 is 14.4 Å². The number of rotatable bonds is 12. The highest BCUT2D eigenvalue weighted by atomic mass is 19.4. The Labute approximate surface area is 250 Å². The third-order valence-corrected chi connectivity index (χ3v) is 6.84. The molecule has 0 aliphatic carbocycles. The lowest BCUT2D eigenvalue weighted by molar-refractivity contribution is -0.253. The summed E-state index contributed by atoms with van der Waals surface area (Å²) in [6, 6.07) is 22.8. The zero-order valence-corrected chi connectivity index (χ0v) is 23.7. The number of aliphatic hydroxyl groups excluding tert-OH is 1. The second-order valence-electron chi connectivity index (χ2n) is 10.4. The van der Waals surface area contributed by atoms with E-state index >= 15 is 0 Å². The smallest absolute Gasteiger partial charge is 0.457 e. The predicted molar refractivity (Wildman–Crippen MR) is 153 cm³/mol. The zero-order chi connectivity index (χ0) is 32.1. The first-order chi connectivity index (χ1) is 20.8. The quantitative estimate of drug-likeness (QED) is 0.160. The summed E-state index contributed by atoms with van der Waals surface area (Å²) < 4.78 is 103. The summed E-state index contributed by atoms with van der Waals surface area (Å²) in [6.07, 6.45) is -13.3. The molecule has 0 aliphatic rings. The van der Waals surface area contributed by atoms with Crippen LogP contribution in [-0.2, 0) is 12.7 Å². The summed E-state index contributed by atoms with van der Waals surface area (Å²) in [6.45, 7) is 3.48. The first-order valence-corrected chi connectivity index (χ1v) is 13.6. The molecule has 0 bridgehead atoms. The minimum Gasteiger partial charge on any atom is -0.457 e. The first kappa shape index (κ1) is 32.7. The van der Waals surface area contributed by atoms with Crippen LogP contribution in [0, 0.1) is 0 Å². The van der Waals surface area contributed by atoms with Crippen molar-refractivity contribution < 1.29 is 45.3 Å². The largest absolute Gasteiger partial charge is 0.461 e. The number of anilines is 1. The fraction of sp³-hybridized carbons (Fsp3) is 0.273. The van der Waals surface area contributed by atoms with Gasteiger partial charge >= 0.3 is 18.7 Å². The Kier molecular flexibility index (Phi) is 10.1. The van der Waals surface area contributed by atoms with Crippen molar-refractivity contribution in [1.29, 1.82) is 0 Å². The number of ether oxygens (including phenoxy) is 2. The number of alkyl halides is 7. The molecule has 0 radical (unpaired) electrons. The van der Waals surface area contributed by atoms with E-state index in [0.717, 1.165) is 29.8 Å². The summed E-state index contributed by atoms with van der Waals surface area (Å²) in [7, 11) is 0. The van der Waals surface area contributed by atoms with Gasteiger partial charge in [0, 0.05) is 18.3 Å². The Morgan fingerprint density at radius 1 is 0.727 bits per heavy atom. The van der Waals surface area contributed by atoms with Gasteiger partial charge in [0.05, 0.1) is 18.2 Å². The van der Waals surface area contributed by atoms with Crippen LogP contribution in [0.5, 0.6) is 17.2 Å². The molecule has 1 unspecified atom stereocenters. The number of nitrogens with zero attached hydrogens (tertiary/aromatic N) is 1. The molecule has 44 heavy (non-hydrogen) atoms. The van der Waals surface area contributed by atoms with Crippen LogP contribution >= 0.6 is 0 Å². The highest BCUT2D eigenvalue weighted by Crippen LogP contribution is 2.36. The Morgan fingerprint density at radius 2 is 1.34 bits per heavy atom. The van der Waals surface area contributed by atoms with Gasteiger partial charge in [-0.1, -0.05) is 56.3 Å². The number of halogens is 7. The molecule has 4 rings (SSSR count). The van der Waals surface area contributed by atoms with Crippen molar-refractivity contribution in [3.8, 4) is 17.2 Å². The Hall–Kier alpha value is -4.25. The maximum atomic E-state index is 13.6. The van der Waals surface area contributed by atoms with E-state index in [9.17, 15) is 35.8 Å². The van der Waals surface area contributed by atoms with Gasteiger partial charge in [0.15, 0.2) is 0 Å². The molecule has 0 fully saturated rings. The molecule has 0 spiro atoms. The normalized spacial score (nSPS) is 12.8. The van der Waals surface area contributed by atoms with Crippen LogP contribution in [0.3, 0.4) is 0 Å². The van der Waals surface area contributed by atoms with Crippen LogP contribution in [-0.4, -0.2) is 24.2 Å². The molecule has 1 N–H and O–H groups in total. The molecule has 0 heterocycles. The summed E-state index contributed by atoms with van der Waals surface area (Å²) in [5, 5.41) is 10.5. The maximum Gasteiger partial charge on any atom is 0.461 e. The molecule has 1 atom stereocenters. The van der Waals surface area contributed by atoms with Crippen molar-refractivity contribution in [1.82, 2.24) is 0 Å². The van der Waals surface area contributed by atoms with E-state index in [0.29, 0.717) is 28.3 Å². The van der Waals surface area contributed by atoms with E-state index in [1.807, 2.05) is 32.0 Å². The summed E-state index contributed by atoms with van der Waals surface area (Å²) in [5.41, 5.74) is 1.35. The minimum atomic E-state index is -4.72. The highest BCUT2D eigenvalue weighted by Gasteiger charge is 2.44. The van der Waals surface area contributed by atoms with Crippen LogP contribution in [0.4, 0.5) is 36.4 Å². The molecule has 4 aromatic carbocycles. The molecule has 0 aliphatic heterocycles. The standard InChI is InChI=1S/C33H30F7NO3/c1-21(2)24-7-4-9-27(17-24)43-28-10-5-8-26(18-28)41(30(20-42)23-12-14-25(15-13-23)32(36,37)38)19-22-6-3-11-29(16-22)44-33(39,40)31(34)35/h3-18,21,30-31,42H,19-20H2,1-2H3. The molecular formula is C33H30F7NO3. The molecule has 4 aromatic rings. The van der Waals surface area contributed by atoms with Gasteiger partial charge in [0.1, 0.15) is 17.2 Å². The van der Waals surface area contributed by atoms with E-state index < -0.39 is 42.7 Å². The van der Waals surface area contributed by atoms with Crippen LogP contribution in [0.2, 0.25) is 0 Å². The van der Waals surface area contributed by atoms with Gasteiger partial charge < -0.3 is 19.5 Å². The fourth-order valence-electron chi connectivity index (χ4n) is 4.56. The second kappa shape index (κ2) is 13.6. The van der Waals surface area contributed by atoms with Crippen molar-refractivity contribution in [2.24, 2.45) is 0 Å². The van der Waals surface area contributed by atoms with Gasteiger partial charge in [-0.15, -0.1) is 0 Å². The molecule has 0 saturated heterocycles. The molecule has 0 aromatic heterocycles. The average Bonchev–Trinajstić information content (AvgIpc) is 2.97. The number of aliphatic hydroxyl groups is 1. The van der Waals surface area contributed by atoms with Crippen molar-refractivity contribution in [3.05, 3.63) is 119 Å². The van der Waals surface area contributed by atoms with Gasteiger partial charge in [0.2, 0.25) is 0 Å². The predicted octanol–water partition coefficient (Wildman–Crippen LogP) is 9.60. The van der Waals surface area contributed by atoms with Crippen LogP contribution in [0.1, 0.15) is 48.1 Å². The number of hydrogen-bond donors (Lipinski definition) is 1. The van der Waals surface area contributed by atoms with E-state index in [2.05, 4.69) is 4.74 Å². The molecule has 0 amide bonds. The highest BCUT2D eigenvalue weighted by molar-refractivity contribution is 5.54. The molecule has 0 saturated carbocycles. The van der Waals surface area contributed by atoms with Crippen LogP contribution in [0.25, 0.3) is 0 Å². The minimum absolute atomic E-state index is 0.0734. The Balaban J connectivity index is 1.72. The summed E-state index contributed by atoms with van der Waals surface area (Å²) in [5.74, 6) is 0.747. The lowest BCUT2D eigenvalue weighted by Crippen LogP contribution is -2.33. The van der Waals surface area contributed by atoms with E-state index in [1.165, 1.54) is 18.2 Å². The third-order valence-electron chi connectivity index (χ3n) is 6.84. The zero-order valence-electron chi connectivity index (χ0n) is 23.7. The average molecular weight is 622 g/mol. The topological polar surface area (TPSA) is 41.9 Å². The lowest BCUT2D eigenvalue weighted by Gasteiger charge is -2.33. The Bertz CT molecular complexity index is 1520. The van der Waals surface area contributed by atoms with Crippen molar-refractivity contribution >= 4 is 5.69 Å². The van der Waals surface area contributed by atoms with Crippen molar-refractivity contribution in [2.45, 2.75) is 51.1 Å². The SMILES string of the molecule is CC(C)c1cccc(Oc2cccc(N(Cc3cccc(OC(F)(F)C(F)F)c3)C(CO)c3ccc(C(F)(F)F)cc3)c2)c1. The second-order valence-corrected chi connectivity index (χ2v) is 10.4. The fourth-order valence-corrected chi connectivity index (χ4v) is 4.56. The molecule has 11 heteroatoms. The number of hydrogen-bond acceptors (Lipinski definition) is 4. The summed E-state index contributed by atoms with van der Waals surface area (Å²) in [4.78, 5) is 1.64. The van der Waals surface area contributed by atoms with Crippen molar-refractivity contribution in [3.63, 3.8) is 0 Å². The molecular weight excluding hydrogens is 591 g/mol. The van der Waals surface area contributed by atoms with E-state index in [4.69, 9.17) is 4.74 Å². The molecule has 4 nitrogen and oxygen atoms in total. The third kappa shape index (κ3) is 8.22. The van der Waals surface area contributed by atoms with Crippen molar-refractivity contribution in [2.75, 3.05) is 11.5 Å². The number of benzene rings is 4. The van der Waals surface area contributed by atoms with Gasteiger partial charge in [-0.05, 0) is 71.1 Å².